The lowest BCUT2D eigenvalue weighted by molar-refractivity contribution is -0.122. The second-order valence-corrected chi connectivity index (χ2v) is 7.87. The Bertz CT molecular complexity index is 947. The van der Waals surface area contributed by atoms with Gasteiger partial charge in [0.2, 0.25) is 11.8 Å². The van der Waals surface area contributed by atoms with E-state index in [2.05, 4.69) is 5.32 Å². The molecule has 1 fully saturated rings. The molecule has 3 rings (SSSR count). The minimum Gasteiger partial charge on any atom is -0.462 e. The number of halogens is 2. The number of anilines is 2. The van der Waals surface area contributed by atoms with Crippen molar-refractivity contribution >= 4 is 52.4 Å². The van der Waals surface area contributed by atoms with Gasteiger partial charge in [0.05, 0.1) is 28.1 Å². The van der Waals surface area contributed by atoms with Crippen LogP contribution < -0.4 is 10.2 Å². The van der Waals surface area contributed by atoms with Crippen molar-refractivity contribution in [2.24, 2.45) is 5.92 Å². The summed E-state index contributed by atoms with van der Waals surface area (Å²) in [4.78, 5) is 38.5. The number of carbonyl (C=O) groups excluding carboxylic acids is 3. The van der Waals surface area contributed by atoms with Crippen molar-refractivity contribution in [1.82, 2.24) is 0 Å². The fourth-order valence-corrected chi connectivity index (χ4v) is 3.40. The molecular formula is C22H22Cl2N2O4. The summed E-state index contributed by atoms with van der Waals surface area (Å²) in [6.07, 6.45) is 1.87. The second kappa shape index (κ2) is 9.96. The molecule has 2 amide bonds. The van der Waals surface area contributed by atoms with Crippen LogP contribution in [0, 0.1) is 5.92 Å². The Morgan fingerprint density at radius 1 is 1.13 bits per heavy atom. The molecule has 2 aromatic carbocycles. The monoisotopic (exact) mass is 448 g/mol. The van der Waals surface area contributed by atoms with Gasteiger partial charge in [-0.1, -0.05) is 36.5 Å². The summed E-state index contributed by atoms with van der Waals surface area (Å²) in [5.41, 5.74) is 1.58. The van der Waals surface area contributed by atoms with Gasteiger partial charge in [0.15, 0.2) is 0 Å². The summed E-state index contributed by atoms with van der Waals surface area (Å²) < 4.78 is 5.17. The Labute approximate surface area is 185 Å². The third kappa shape index (κ3) is 5.32. The van der Waals surface area contributed by atoms with Gasteiger partial charge in [-0.25, -0.2) is 4.79 Å². The molecule has 0 aliphatic carbocycles. The van der Waals surface area contributed by atoms with Crippen molar-refractivity contribution in [2.75, 3.05) is 23.4 Å². The zero-order chi connectivity index (χ0) is 21.7. The van der Waals surface area contributed by atoms with Crippen LogP contribution in [-0.2, 0) is 14.3 Å². The number of nitrogens with one attached hydrogen (secondary N) is 1. The Hall–Kier alpha value is -2.57. The molecule has 1 N–H and O–H groups in total. The van der Waals surface area contributed by atoms with E-state index in [0.717, 1.165) is 12.8 Å². The van der Waals surface area contributed by atoms with Gasteiger partial charge >= 0.3 is 5.97 Å². The first-order valence-corrected chi connectivity index (χ1v) is 10.5. The highest BCUT2D eigenvalue weighted by Crippen LogP contribution is 2.31. The standard InChI is InChI=1S/C22H22Cl2N2O4/c1-2-3-10-30-22(29)14-4-6-16(7-5-14)25-21(28)15-11-20(27)26(13-15)17-8-9-18(23)19(24)12-17/h4-9,12,15H,2-3,10-11,13H2,1H3,(H,25,28)/t15-/m0/s1. The predicted octanol–water partition coefficient (Wildman–Crippen LogP) is 4.94. The van der Waals surface area contributed by atoms with Crippen LogP contribution in [0.5, 0.6) is 0 Å². The quantitative estimate of drug-likeness (QED) is 0.480. The molecule has 8 heteroatoms. The molecule has 1 heterocycles. The summed E-state index contributed by atoms with van der Waals surface area (Å²) in [5, 5.41) is 3.55. The number of nitrogens with zero attached hydrogens (tertiary/aromatic N) is 1. The Morgan fingerprint density at radius 2 is 1.87 bits per heavy atom. The molecule has 0 bridgehead atoms. The summed E-state index contributed by atoms with van der Waals surface area (Å²) in [5.74, 6) is -1.30. The molecule has 1 atom stereocenters. The second-order valence-electron chi connectivity index (χ2n) is 7.06. The zero-order valence-corrected chi connectivity index (χ0v) is 18.0. The topological polar surface area (TPSA) is 75.7 Å². The van der Waals surface area contributed by atoms with Crippen LogP contribution in [0.1, 0.15) is 36.5 Å². The average molecular weight is 449 g/mol. The summed E-state index contributed by atoms with van der Waals surface area (Å²) in [6, 6.07) is 11.4. The van der Waals surface area contributed by atoms with Crippen LogP contribution in [0.4, 0.5) is 11.4 Å². The number of amides is 2. The number of ether oxygens (including phenoxy) is 1. The Morgan fingerprint density at radius 3 is 2.53 bits per heavy atom. The number of carbonyl (C=O) groups is 3. The number of unbranched alkanes of at least 4 members (excludes halogenated alkanes) is 1. The SMILES string of the molecule is CCCCOC(=O)c1ccc(NC(=O)[C@H]2CC(=O)N(c3ccc(Cl)c(Cl)c3)C2)cc1. The van der Waals surface area contributed by atoms with E-state index in [4.69, 9.17) is 27.9 Å². The molecule has 1 aliphatic rings. The minimum atomic E-state index is -0.495. The molecule has 6 nitrogen and oxygen atoms in total. The van der Waals surface area contributed by atoms with E-state index in [0.29, 0.717) is 33.6 Å². The molecule has 0 radical (unpaired) electrons. The van der Waals surface area contributed by atoms with E-state index in [-0.39, 0.29) is 30.7 Å². The smallest absolute Gasteiger partial charge is 0.338 e. The van der Waals surface area contributed by atoms with Gasteiger partial charge in [-0.3, -0.25) is 9.59 Å². The predicted molar refractivity (Wildman–Crippen MR) is 117 cm³/mol. The fraction of sp³-hybridized carbons (Fsp3) is 0.318. The Balaban J connectivity index is 1.59. The molecule has 0 saturated carbocycles. The van der Waals surface area contributed by atoms with Crippen LogP contribution in [0.2, 0.25) is 10.0 Å². The first-order chi connectivity index (χ1) is 14.4. The maximum absolute atomic E-state index is 12.6. The van der Waals surface area contributed by atoms with Crippen LogP contribution in [0.3, 0.4) is 0 Å². The third-order valence-corrected chi connectivity index (χ3v) is 5.57. The highest BCUT2D eigenvalue weighted by atomic mass is 35.5. The van der Waals surface area contributed by atoms with E-state index < -0.39 is 5.92 Å². The Kier molecular flexibility index (Phi) is 7.34. The number of hydrogen-bond donors (Lipinski definition) is 1. The van der Waals surface area contributed by atoms with E-state index >= 15 is 0 Å². The number of hydrogen-bond acceptors (Lipinski definition) is 4. The average Bonchev–Trinajstić information content (AvgIpc) is 3.12. The van der Waals surface area contributed by atoms with Crippen molar-refractivity contribution in [1.29, 1.82) is 0 Å². The van der Waals surface area contributed by atoms with Crippen molar-refractivity contribution in [3.05, 3.63) is 58.1 Å². The van der Waals surface area contributed by atoms with Gasteiger partial charge in [-0.2, -0.15) is 0 Å². The molecule has 1 saturated heterocycles. The fourth-order valence-electron chi connectivity index (χ4n) is 3.11. The van der Waals surface area contributed by atoms with Crippen molar-refractivity contribution < 1.29 is 19.1 Å². The summed E-state index contributed by atoms with van der Waals surface area (Å²) in [7, 11) is 0. The van der Waals surface area contributed by atoms with E-state index in [1.165, 1.54) is 4.90 Å². The number of esters is 1. The molecule has 1 aliphatic heterocycles. The van der Waals surface area contributed by atoms with Crippen molar-refractivity contribution in [2.45, 2.75) is 26.2 Å². The lowest BCUT2D eigenvalue weighted by Gasteiger charge is -2.17. The molecule has 0 unspecified atom stereocenters. The van der Waals surface area contributed by atoms with E-state index in [1.54, 1.807) is 42.5 Å². The lowest BCUT2D eigenvalue weighted by atomic mass is 10.1. The maximum Gasteiger partial charge on any atom is 0.338 e. The van der Waals surface area contributed by atoms with Crippen molar-refractivity contribution in [3.63, 3.8) is 0 Å². The van der Waals surface area contributed by atoms with Gasteiger partial charge < -0.3 is 15.0 Å². The minimum absolute atomic E-state index is 0.105. The molecule has 158 valence electrons. The van der Waals surface area contributed by atoms with E-state index in [1.807, 2.05) is 6.92 Å². The van der Waals surface area contributed by atoms with E-state index in [9.17, 15) is 14.4 Å². The van der Waals surface area contributed by atoms with Crippen molar-refractivity contribution in [3.8, 4) is 0 Å². The van der Waals surface area contributed by atoms with Crippen LogP contribution >= 0.6 is 23.2 Å². The molecule has 2 aromatic rings. The molecular weight excluding hydrogens is 427 g/mol. The molecule has 0 aromatic heterocycles. The highest BCUT2D eigenvalue weighted by Gasteiger charge is 2.35. The lowest BCUT2D eigenvalue weighted by Crippen LogP contribution is -2.28. The van der Waals surface area contributed by atoms with Crippen LogP contribution in [-0.4, -0.2) is 30.9 Å². The highest BCUT2D eigenvalue weighted by molar-refractivity contribution is 6.42. The van der Waals surface area contributed by atoms with Crippen LogP contribution in [0.15, 0.2) is 42.5 Å². The van der Waals surface area contributed by atoms with Gasteiger partial charge in [-0.15, -0.1) is 0 Å². The molecule has 0 spiro atoms. The summed E-state index contributed by atoms with van der Waals surface area (Å²) in [6.45, 7) is 2.66. The first-order valence-electron chi connectivity index (χ1n) is 9.72. The summed E-state index contributed by atoms with van der Waals surface area (Å²) >= 11 is 12.0. The number of benzene rings is 2. The largest absolute Gasteiger partial charge is 0.462 e. The van der Waals surface area contributed by atoms with Gasteiger partial charge in [-0.05, 0) is 48.9 Å². The van der Waals surface area contributed by atoms with Crippen LogP contribution in [0.25, 0.3) is 0 Å². The maximum atomic E-state index is 12.6. The third-order valence-electron chi connectivity index (χ3n) is 4.83. The normalized spacial score (nSPS) is 15.9. The van der Waals surface area contributed by atoms with Gasteiger partial charge in [0.1, 0.15) is 0 Å². The zero-order valence-electron chi connectivity index (χ0n) is 16.5. The first kappa shape index (κ1) is 22.1. The van der Waals surface area contributed by atoms with Gasteiger partial charge in [0.25, 0.3) is 0 Å². The van der Waals surface area contributed by atoms with Gasteiger partial charge in [0, 0.05) is 24.3 Å². The number of rotatable bonds is 7. The molecule has 30 heavy (non-hydrogen) atoms.